The number of rotatable bonds is 1. The van der Waals surface area contributed by atoms with Crippen LogP contribution in [0.5, 0.6) is 0 Å². The molecule has 0 radical (unpaired) electrons. The van der Waals surface area contributed by atoms with Gasteiger partial charge in [-0.15, -0.1) is 0 Å². The summed E-state index contributed by atoms with van der Waals surface area (Å²) in [6.07, 6.45) is 0.536. The average molecular weight is 335 g/mol. The number of carbonyl (C=O) groups is 2. The molecular weight excluding hydrogens is 321 g/mol. The fourth-order valence-electron chi connectivity index (χ4n) is 3.69. The molecule has 2 aliphatic rings. The first-order chi connectivity index (χ1) is 12.0. The van der Waals surface area contributed by atoms with Crippen LogP contribution in [0.1, 0.15) is 27.9 Å². The largest absolute Gasteiger partial charge is 0.337 e. The molecule has 2 aliphatic heterocycles. The summed E-state index contributed by atoms with van der Waals surface area (Å²) in [6.45, 7) is 0.702. The molecule has 6 heteroatoms. The van der Waals surface area contributed by atoms with Gasteiger partial charge in [-0.05, 0) is 36.2 Å². The predicted molar refractivity (Wildman–Crippen MR) is 88.4 cm³/mol. The van der Waals surface area contributed by atoms with Crippen molar-refractivity contribution in [3.05, 3.63) is 65.0 Å². The topological polar surface area (TPSA) is 73.2 Å². The van der Waals surface area contributed by atoms with Crippen molar-refractivity contribution < 1.29 is 14.0 Å². The lowest BCUT2D eigenvalue weighted by Crippen LogP contribution is -2.39. The monoisotopic (exact) mass is 335 g/mol. The Morgan fingerprint density at radius 3 is 2.88 bits per heavy atom. The van der Waals surface area contributed by atoms with Crippen molar-refractivity contribution in [3.63, 3.8) is 0 Å². The Labute approximate surface area is 143 Å². The van der Waals surface area contributed by atoms with Crippen molar-refractivity contribution in [2.24, 2.45) is 0 Å². The van der Waals surface area contributed by atoms with Crippen LogP contribution in [-0.4, -0.2) is 29.8 Å². The van der Waals surface area contributed by atoms with E-state index in [2.05, 4.69) is 5.32 Å². The number of nitriles is 1. The number of carbonyl (C=O) groups excluding carboxylic acids is 2. The Morgan fingerprint density at radius 1 is 1.28 bits per heavy atom. The highest BCUT2D eigenvalue weighted by Gasteiger charge is 2.51. The van der Waals surface area contributed by atoms with Crippen molar-refractivity contribution in [2.75, 3.05) is 18.4 Å². The van der Waals surface area contributed by atoms with Gasteiger partial charge in [-0.2, -0.15) is 5.26 Å². The predicted octanol–water partition coefficient (Wildman–Crippen LogP) is 2.43. The first kappa shape index (κ1) is 15.3. The van der Waals surface area contributed by atoms with E-state index in [0.29, 0.717) is 13.0 Å². The van der Waals surface area contributed by atoms with Crippen molar-refractivity contribution in [1.29, 1.82) is 5.26 Å². The van der Waals surface area contributed by atoms with Crippen LogP contribution < -0.4 is 5.32 Å². The highest BCUT2D eigenvalue weighted by molar-refractivity contribution is 6.07. The summed E-state index contributed by atoms with van der Waals surface area (Å²) in [5.74, 6) is -1.05. The van der Waals surface area contributed by atoms with E-state index in [0.717, 1.165) is 17.3 Å². The molecule has 1 fully saturated rings. The number of amides is 2. The summed E-state index contributed by atoms with van der Waals surface area (Å²) in [6, 6.07) is 13.0. The number of hydrogen-bond donors (Lipinski definition) is 1. The molecule has 124 valence electrons. The van der Waals surface area contributed by atoms with Crippen LogP contribution in [0.4, 0.5) is 10.1 Å². The molecule has 5 nitrogen and oxygen atoms in total. The lowest BCUT2D eigenvalue weighted by Gasteiger charge is -2.22. The van der Waals surface area contributed by atoms with Crippen LogP contribution in [-0.2, 0) is 10.2 Å². The van der Waals surface area contributed by atoms with Crippen LogP contribution in [0.15, 0.2) is 42.5 Å². The van der Waals surface area contributed by atoms with E-state index in [9.17, 15) is 14.0 Å². The summed E-state index contributed by atoms with van der Waals surface area (Å²) < 4.78 is 13.5. The third kappa shape index (κ3) is 2.20. The number of hydrogen-bond acceptors (Lipinski definition) is 3. The molecule has 0 aromatic heterocycles. The quantitative estimate of drug-likeness (QED) is 0.870. The average Bonchev–Trinajstić information content (AvgIpc) is 3.19. The Morgan fingerprint density at radius 2 is 2.08 bits per heavy atom. The molecule has 2 heterocycles. The molecule has 4 rings (SSSR count). The highest BCUT2D eigenvalue weighted by Crippen LogP contribution is 2.44. The van der Waals surface area contributed by atoms with Gasteiger partial charge in [0.1, 0.15) is 11.9 Å². The van der Waals surface area contributed by atoms with Gasteiger partial charge < -0.3 is 10.2 Å². The Balaban J connectivity index is 1.64. The lowest BCUT2D eigenvalue weighted by molar-refractivity contribution is -0.120. The summed E-state index contributed by atoms with van der Waals surface area (Å²) in [5, 5.41) is 11.8. The fourth-order valence-corrected chi connectivity index (χ4v) is 3.69. The molecular formula is C19H14FN3O2. The van der Waals surface area contributed by atoms with Crippen molar-refractivity contribution in [3.8, 4) is 6.07 Å². The Hall–Kier alpha value is -3.20. The van der Waals surface area contributed by atoms with Gasteiger partial charge in [0.2, 0.25) is 5.91 Å². The number of halogens is 1. The number of nitrogens with zero attached hydrogens (tertiary/aromatic N) is 2. The molecule has 2 aromatic rings. The van der Waals surface area contributed by atoms with Crippen molar-refractivity contribution in [1.82, 2.24) is 4.90 Å². The van der Waals surface area contributed by atoms with Gasteiger partial charge in [0.05, 0.1) is 11.0 Å². The molecule has 25 heavy (non-hydrogen) atoms. The van der Waals surface area contributed by atoms with Crippen LogP contribution >= 0.6 is 0 Å². The Kier molecular flexibility index (Phi) is 3.32. The maximum absolute atomic E-state index is 13.5. The van der Waals surface area contributed by atoms with Gasteiger partial charge in [-0.3, -0.25) is 9.59 Å². The first-order valence-corrected chi connectivity index (χ1v) is 7.95. The van der Waals surface area contributed by atoms with Gasteiger partial charge in [0.25, 0.3) is 5.91 Å². The molecule has 1 spiro atoms. The maximum atomic E-state index is 13.5. The van der Waals surface area contributed by atoms with E-state index in [1.807, 2.05) is 24.3 Å². The van der Waals surface area contributed by atoms with Crippen LogP contribution in [0.25, 0.3) is 0 Å². The number of para-hydroxylation sites is 1. The van der Waals surface area contributed by atoms with E-state index in [1.54, 1.807) is 11.0 Å². The molecule has 1 atom stereocenters. The highest BCUT2D eigenvalue weighted by atomic mass is 19.1. The SMILES string of the molecule is N#Cc1cc(C(=O)N2CCC3(C2)C(=O)Nc2ccccc23)ccc1F. The third-order valence-electron chi connectivity index (χ3n) is 5.02. The summed E-state index contributed by atoms with van der Waals surface area (Å²) in [5.41, 5.74) is 1.05. The first-order valence-electron chi connectivity index (χ1n) is 7.95. The standard InChI is InChI=1S/C19H14FN3O2/c20-15-6-5-12(9-13(15)10-21)17(24)23-8-7-19(11-23)14-3-1-2-4-16(14)22-18(19)25/h1-6,9H,7-8,11H2,(H,22,25). The molecule has 1 N–H and O–H groups in total. The van der Waals surface area contributed by atoms with Gasteiger partial charge in [0, 0.05) is 24.3 Å². The molecule has 0 saturated carbocycles. The fraction of sp³-hybridized carbons (Fsp3) is 0.211. The van der Waals surface area contributed by atoms with Gasteiger partial charge in [-0.25, -0.2) is 4.39 Å². The van der Waals surface area contributed by atoms with Crippen molar-refractivity contribution >= 4 is 17.5 Å². The molecule has 1 saturated heterocycles. The zero-order chi connectivity index (χ0) is 17.6. The number of fused-ring (bicyclic) bond motifs is 2. The molecule has 0 aliphatic carbocycles. The van der Waals surface area contributed by atoms with E-state index in [-0.39, 0.29) is 29.5 Å². The Bertz CT molecular complexity index is 950. The van der Waals surface area contributed by atoms with E-state index in [1.165, 1.54) is 12.1 Å². The van der Waals surface area contributed by atoms with Crippen LogP contribution in [0.2, 0.25) is 0 Å². The molecule has 2 amide bonds. The zero-order valence-electron chi connectivity index (χ0n) is 13.3. The zero-order valence-corrected chi connectivity index (χ0v) is 13.3. The minimum absolute atomic E-state index is 0.0965. The van der Waals surface area contributed by atoms with Gasteiger partial charge in [-0.1, -0.05) is 18.2 Å². The van der Waals surface area contributed by atoms with E-state index in [4.69, 9.17) is 5.26 Å². The van der Waals surface area contributed by atoms with E-state index < -0.39 is 11.2 Å². The minimum atomic E-state index is -0.732. The second-order valence-electron chi connectivity index (χ2n) is 6.36. The number of benzene rings is 2. The third-order valence-corrected chi connectivity index (χ3v) is 5.02. The van der Waals surface area contributed by atoms with Gasteiger partial charge >= 0.3 is 0 Å². The van der Waals surface area contributed by atoms with Crippen LogP contribution in [0, 0.1) is 17.1 Å². The second kappa shape index (κ2) is 5.42. The number of anilines is 1. The smallest absolute Gasteiger partial charge is 0.253 e. The normalized spacial score (nSPS) is 21.1. The van der Waals surface area contributed by atoms with Gasteiger partial charge in [0.15, 0.2) is 0 Å². The minimum Gasteiger partial charge on any atom is -0.337 e. The summed E-state index contributed by atoms with van der Waals surface area (Å²) in [4.78, 5) is 26.9. The number of likely N-dealkylation sites (tertiary alicyclic amines) is 1. The van der Waals surface area contributed by atoms with Crippen LogP contribution in [0.3, 0.4) is 0 Å². The lowest BCUT2D eigenvalue weighted by atomic mass is 9.81. The van der Waals surface area contributed by atoms with Crippen molar-refractivity contribution in [2.45, 2.75) is 11.8 Å². The molecule has 1 unspecified atom stereocenters. The second-order valence-corrected chi connectivity index (χ2v) is 6.36. The summed E-state index contributed by atoms with van der Waals surface area (Å²) >= 11 is 0. The molecule has 0 bridgehead atoms. The summed E-state index contributed by atoms with van der Waals surface area (Å²) in [7, 11) is 0. The maximum Gasteiger partial charge on any atom is 0.253 e. The molecule has 2 aromatic carbocycles. The van der Waals surface area contributed by atoms with E-state index >= 15 is 0 Å². The number of nitrogens with one attached hydrogen (secondary N) is 1.